The zero-order valence-corrected chi connectivity index (χ0v) is 19.1. The molecule has 1 atom stereocenters. The zero-order valence-electron chi connectivity index (χ0n) is 16.8. The van der Waals surface area contributed by atoms with Gasteiger partial charge >= 0.3 is 0 Å². The second-order valence-corrected chi connectivity index (χ2v) is 10.2. The minimum absolute atomic E-state index is 0.103. The molecule has 0 amide bonds. The molecule has 1 aliphatic heterocycles. The van der Waals surface area contributed by atoms with Crippen LogP contribution in [-0.2, 0) is 4.79 Å². The number of aromatic nitrogens is 3. The number of Topliss-reactive ketones (excluding diaryl/α,β-unsaturated/α-hetero) is 1. The van der Waals surface area contributed by atoms with Crippen LogP contribution in [0.25, 0.3) is 0 Å². The highest BCUT2D eigenvalue weighted by molar-refractivity contribution is 7.99. The van der Waals surface area contributed by atoms with Crippen molar-refractivity contribution in [3.05, 3.63) is 45.1 Å². The molecule has 0 radical (unpaired) electrons. The van der Waals surface area contributed by atoms with Crippen LogP contribution in [0.2, 0.25) is 10.0 Å². The number of unbranched alkanes of at least 4 members (excludes halogenated alkanes) is 1. The summed E-state index contributed by atoms with van der Waals surface area (Å²) in [5.74, 6) is 1.69. The fraction of sp³-hybridized carbons (Fsp3) is 0.476. The molecule has 1 N–H and O–H groups in total. The van der Waals surface area contributed by atoms with Gasteiger partial charge in [-0.25, -0.2) is 4.68 Å². The molecule has 2 aliphatic rings. The predicted octanol–water partition coefficient (Wildman–Crippen LogP) is 6.14. The molecule has 1 aromatic heterocycles. The monoisotopic (exact) mass is 450 g/mol. The molecule has 154 valence electrons. The first-order valence-corrected chi connectivity index (χ1v) is 11.6. The molecule has 29 heavy (non-hydrogen) atoms. The van der Waals surface area contributed by atoms with E-state index in [-0.39, 0.29) is 11.2 Å². The Kier molecular flexibility index (Phi) is 5.70. The molecule has 2 aromatic rings. The van der Waals surface area contributed by atoms with E-state index in [0.29, 0.717) is 38.7 Å². The summed E-state index contributed by atoms with van der Waals surface area (Å²) in [4.78, 5) is 17.9. The van der Waals surface area contributed by atoms with Gasteiger partial charge in [-0.05, 0) is 30.4 Å². The van der Waals surface area contributed by atoms with E-state index in [1.54, 1.807) is 28.6 Å². The number of ketones is 1. The lowest BCUT2D eigenvalue weighted by molar-refractivity contribution is -0.118. The van der Waals surface area contributed by atoms with E-state index in [1.165, 1.54) is 0 Å². The highest BCUT2D eigenvalue weighted by Gasteiger charge is 2.43. The summed E-state index contributed by atoms with van der Waals surface area (Å²) in [7, 11) is 0. The largest absolute Gasteiger partial charge is 0.328 e. The molecule has 0 bridgehead atoms. The number of rotatable bonds is 5. The van der Waals surface area contributed by atoms with Crippen molar-refractivity contribution in [1.82, 2.24) is 14.8 Å². The van der Waals surface area contributed by atoms with Gasteiger partial charge in [-0.2, -0.15) is 4.98 Å². The third-order valence-corrected chi connectivity index (χ3v) is 6.90. The van der Waals surface area contributed by atoms with E-state index in [0.717, 1.165) is 30.7 Å². The number of carbonyl (C=O) groups excluding carboxylic acids is 1. The number of allylic oxidation sites excluding steroid dienone is 2. The average molecular weight is 451 g/mol. The Morgan fingerprint density at radius 1 is 1.28 bits per heavy atom. The summed E-state index contributed by atoms with van der Waals surface area (Å²) in [6.45, 7) is 6.38. The number of halogens is 2. The molecular weight excluding hydrogens is 427 g/mol. The Morgan fingerprint density at radius 2 is 2.00 bits per heavy atom. The molecule has 1 aromatic carbocycles. The first-order valence-electron chi connectivity index (χ1n) is 9.87. The molecule has 5 nitrogen and oxygen atoms in total. The van der Waals surface area contributed by atoms with E-state index >= 15 is 0 Å². The van der Waals surface area contributed by atoms with Crippen molar-refractivity contribution in [2.75, 3.05) is 11.1 Å². The van der Waals surface area contributed by atoms with E-state index in [2.05, 4.69) is 26.1 Å². The normalized spacial score (nSPS) is 20.3. The lowest BCUT2D eigenvalue weighted by atomic mass is 9.73. The van der Waals surface area contributed by atoms with Crippen molar-refractivity contribution in [1.29, 1.82) is 0 Å². The summed E-state index contributed by atoms with van der Waals surface area (Å²) >= 11 is 14.8. The topological polar surface area (TPSA) is 59.8 Å². The van der Waals surface area contributed by atoms with Gasteiger partial charge in [0.1, 0.15) is 6.04 Å². The van der Waals surface area contributed by atoms with E-state index < -0.39 is 6.04 Å². The van der Waals surface area contributed by atoms with Crippen LogP contribution in [0.4, 0.5) is 5.95 Å². The van der Waals surface area contributed by atoms with Crippen molar-refractivity contribution in [3.63, 3.8) is 0 Å². The van der Waals surface area contributed by atoms with Gasteiger partial charge in [0.25, 0.3) is 0 Å². The quantitative estimate of drug-likeness (QED) is 0.437. The molecule has 4 rings (SSSR count). The van der Waals surface area contributed by atoms with Crippen LogP contribution >= 0.6 is 35.0 Å². The number of hydrogen-bond acceptors (Lipinski definition) is 5. The lowest BCUT2D eigenvalue weighted by Gasteiger charge is -2.38. The fourth-order valence-electron chi connectivity index (χ4n) is 4.00. The number of fused-ring (bicyclic) bond motifs is 1. The SMILES string of the molecule is CCCCSc1nc2n(n1)C(c1c(Cl)cccc1Cl)C1=C(CC(C)(C)CC1=O)N2. The third-order valence-electron chi connectivity index (χ3n) is 5.31. The van der Waals surface area contributed by atoms with Crippen molar-refractivity contribution < 1.29 is 4.79 Å². The first kappa shape index (κ1) is 20.8. The van der Waals surface area contributed by atoms with Crippen molar-refractivity contribution in [3.8, 4) is 0 Å². The van der Waals surface area contributed by atoms with Crippen LogP contribution in [0.5, 0.6) is 0 Å². The molecule has 0 fully saturated rings. The number of hydrogen-bond donors (Lipinski definition) is 1. The van der Waals surface area contributed by atoms with E-state index in [9.17, 15) is 4.79 Å². The van der Waals surface area contributed by atoms with Crippen molar-refractivity contribution >= 4 is 46.7 Å². The molecule has 0 saturated carbocycles. The lowest BCUT2D eigenvalue weighted by Crippen LogP contribution is -2.36. The van der Waals surface area contributed by atoms with Crippen LogP contribution in [0, 0.1) is 5.41 Å². The van der Waals surface area contributed by atoms with Gasteiger partial charge in [0, 0.05) is 39.1 Å². The summed E-state index contributed by atoms with van der Waals surface area (Å²) in [5.41, 5.74) is 2.19. The summed E-state index contributed by atoms with van der Waals surface area (Å²) < 4.78 is 1.77. The standard InChI is InChI=1S/C21H24Cl2N4OS/c1-4-5-9-29-20-25-19-24-14-10-21(2,3)11-15(28)17(14)18(27(19)26-20)16-12(22)7-6-8-13(16)23/h6-8,18H,4-5,9-11H2,1-3H3,(H,24,25,26). The minimum atomic E-state index is -0.473. The minimum Gasteiger partial charge on any atom is -0.328 e. The second-order valence-electron chi connectivity index (χ2n) is 8.36. The van der Waals surface area contributed by atoms with Gasteiger partial charge in [-0.3, -0.25) is 4.79 Å². The maximum absolute atomic E-state index is 13.2. The Bertz CT molecular complexity index is 978. The molecular formula is C21H24Cl2N4OS. The molecule has 8 heteroatoms. The number of carbonyl (C=O) groups is 1. The summed E-state index contributed by atoms with van der Waals surface area (Å²) in [6, 6.07) is 4.94. The van der Waals surface area contributed by atoms with Gasteiger partial charge < -0.3 is 5.32 Å². The number of nitrogens with zero attached hydrogens (tertiary/aromatic N) is 3. The summed E-state index contributed by atoms with van der Waals surface area (Å²) in [5, 5.41) is 9.85. The predicted molar refractivity (Wildman–Crippen MR) is 119 cm³/mol. The molecule has 1 unspecified atom stereocenters. The van der Waals surface area contributed by atoms with Gasteiger partial charge in [-0.1, -0.05) is 68.2 Å². The number of anilines is 1. The molecule has 1 aliphatic carbocycles. The maximum Gasteiger partial charge on any atom is 0.227 e. The first-order chi connectivity index (χ1) is 13.8. The van der Waals surface area contributed by atoms with Gasteiger partial charge in [-0.15, -0.1) is 5.10 Å². The fourth-order valence-corrected chi connectivity index (χ4v) is 5.51. The van der Waals surface area contributed by atoms with Crippen LogP contribution in [0.15, 0.2) is 34.6 Å². The summed E-state index contributed by atoms with van der Waals surface area (Å²) in [6.07, 6.45) is 3.46. The van der Waals surface area contributed by atoms with Crippen LogP contribution in [0.1, 0.15) is 58.1 Å². The highest BCUT2D eigenvalue weighted by Crippen LogP contribution is 2.48. The van der Waals surface area contributed by atoms with Crippen molar-refractivity contribution in [2.24, 2.45) is 5.41 Å². The number of nitrogens with one attached hydrogen (secondary N) is 1. The average Bonchev–Trinajstić information content (AvgIpc) is 3.02. The molecule has 2 heterocycles. The van der Waals surface area contributed by atoms with E-state index in [1.807, 2.05) is 6.07 Å². The van der Waals surface area contributed by atoms with Gasteiger partial charge in [0.15, 0.2) is 5.78 Å². The van der Waals surface area contributed by atoms with Crippen molar-refractivity contribution in [2.45, 2.75) is 57.7 Å². The second kappa shape index (κ2) is 7.97. The Labute approximate surface area is 185 Å². The molecule has 0 saturated heterocycles. The Morgan fingerprint density at radius 3 is 2.69 bits per heavy atom. The van der Waals surface area contributed by atoms with Crippen LogP contribution < -0.4 is 5.32 Å². The Balaban J connectivity index is 1.85. The smallest absolute Gasteiger partial charge is 0.227 e. The Hall–Kier alpha value is -1.50. The third kappa shape index (κ3) is 3.94. The maximum atomic E-state index is 13.2. The molecule has 0 spiro atoms. The van der Waals surface area contributed by atoms with Crippen LogP contribution in [0.3, 0.4) is 0 Å². The highest BCUT2D eigenvalue weighted by atomic mass is 35.5. The number of benzene rings is 1. The van der Waals surface area contributed by atoms with Crippen LogP contribution in [-0.4, -0.2) is 26.3 Å². The van der Waals surface area contributed by atoms with E-state index in [4.69, 9.17) is 33.3 Å². The zero-order chi connectivity index (χ0) is 20.8. The van der Waals surface area contributed by atoms with Gasteiger partial charge in [0.2, 0.25) is 11.1 Å². The van der Waals surface area contributed by atoms with Gasteiger partial charge in [0.05, 0.1) is 0 Å². The number of thioether (sulfide) groups is 1.